The summed E-state index contributed by atoms with van der Waals surface area (Å²) in [5, 5.41) is 2.56. The van der Waals surface area contributed by atoms with Gasteiger partial charge in [-0.2, -0.15) is 0 Å². The Morgan fingerprint density at radius 1 is 1.50 bits per heavy atom. The van der Waals surface area contributed by atoms with Crippen molar-refractivity contribution >= 4 is 11.9 Å². The van der Waals surface area contributed by atoms with Crippen LogP contribution in [0.25, 0.3) is 0 Å². The van der Waals surface area contributed by atoms with E-state index in [1.54, 1.807) is 13.8 Å². The lowest BCUT2D eigenvalue weighted by Gasteiger charge is -2.14. The Bertz CT molecular complexity index is 225. The topological polar surface area (TPSA) is 75.4 Å². The van der Waals surface area contributed by atoms with E-state index in [0.29, 0.717) is 6.54 Å². The SMILES string of the molecule is CC1(C)NC(=O)N(CCN)C1=O. The number of urea groups is 1. The van der Waals surface area contributed by atoms with Crippen LogP contribution >= 0.6 is 0 Å². The highest BCUT2D eigenvalue weighted by atomic mass is 16.2. The van der Waals surface area contributed by atoms with E-state index in [2.05, 4.69) is 5.32 Å². The Balaban J connectivity index is 2.78. The molecular weight excluding hydrogens is 158 g/mol. The van der Waals surface area contributed by atoms with Crippen LogP contribution in [0, 0.1) is 0 Å². The standard InChI is InChI=1S/C7H13N3O2/c1-7(2)5(11)10(4-3-8)6(12)9-7/h3-4,8H2,1-2H3,(H,9,12). The number of nitrogens with one attached hydrogen (secondary N) is 1. The Morgan fingerprint density at radius 2 is 2.08 bits per heavy atom. The van der Waals surface area contributed by atoms with Crippen molar-refractivity contribution in [2.24, 2.45) is 5.73 Å². The van der Waals surface area contributed by atoms with Crippen LogP contribution in [0.1, 0.15) is 13.8 Å². The predicted molar refractivity (Wildman–Crippen MR) is 43.4 cm³/mol. The van der Waals surface area contributed by atoms with Crippen LogP contribution in [0.3, 0.4) is 0 Å². The second-order valence-corrected chi connectivity index (χ2v) is 3.30. The summed E-state index contributed by atoms with van der Waals surface area (Å²) in [6.45, 7) is 3.93. The summed E-state index contributed by atoms with van der Waals surface area (Å²) in [7, 11) is 0. The van der Waals surface area contributed by atoms with Crippen molar-refractivity contribution in [2.45, 2.75) is 19.4 Å². The maximum atomic E-state index is 11.4. The monoisotopic (exact) mass is 171 g/mol. The number of hydrogen-bond donors (Lipinski definition) is 2. The molecule has 1 aliphatic heterocycles. The van der Waals surface area contributed by atoms with Gasteiger partial charge in [0, 0.05) is 13.1 Å². The van der Waals surface area contributed by atoms with Crippen LogP contribution in [0.15, 0.2) is 0 Å². The normalized spacial score (nSPS) is 21.4. The number of amides is 3. The van der Waals surface area contributed by atoms with Crippen LogP contribution < -0.4 is 11.1 Å². The molecule has 1 saturated heterocycles. The molecule has 0 aromatic heterocycles. The largest absolute Gasteiger partial charge is 0.329 e. The fourth-order valence-corrected chi connectivity index (χ4v) is 1.15. The highest BCUT2D eigenvalue weighted by molar-refractivity contribution is 6.06. The molecule has 0 spiro atoms. The van der Waals surface area contributed by atoms with Crippen molar-refractivity contribution in [1.82, 2.24) is 10.2 Å². The zero-order chi connectivity index (χ0) is 9.35. The summed E-state index contributed by atoms with van der Waals surface area (Å²) in [6.07, 6.45) is 0. The molecule has 0 aliphatic carbocycles. The van der Waals surface area contributed by atoms with E-state index in [0.717, 1.165) is 4.90 Å². The lowest BCUT2D eigenvalue weighted by Crippen LogP contribution is -2.41. The third-order valence-corrected chi connectivity index (χ3v) is 1.80. The van der Waals surface area contributed by atoms with E-state index in [-0.39, 0.29) is 18.5 Å². The number of nitrogens with zero attached hydrogens (tertiary/aromatic N) is 1. The summed E-state index contributed by atoms with van der Waals surface area (Å²) >= 11 is 0. The van der Waals surface area contributed by atoms with Gasteiger partial charge in [-0.05, 0) is 13.8 Å². The third-order valence-electron chi connectivity index (χ3n) is 1.80. The van der Waals surface area contributed by atoms with Crippen molar-refractivity contribution in [3.8, 4) is 0 Å². The molecular formula is C7H13N3O2. The first-order chi connectivity index (χ1) is 5.49. The van der Waals surface area contributed by atoms with Gasteiger partial charge in [0.15, 0.2) is 0 Å². The van der Waals surface area contributed by atoms with E-state index < -0.39 is 5.54 Å². The fourth-order valence-electron chi connectivity index (χ4n) is 1.15. The maximum Gasteiger partial charge on any atom is 0.325 e. The van der Waals surface area contributed by atoms with E-state index in [1.807, 2.05) is 0 Å². The van der Waals surface area contributed by atoms with Crippen molar-refractivity contribution in [2.75, 3.05) is 13.1 Å². The van der Waals surface area contributed by atoms with E-state index in [9.17, 15) is 9.59 Å². The summed E-state index contributed by atoms with van der Waals surface area (Å²) in [5.41, 5.74) is 4.48. The minimum absolute atomic E-state index is 0.210. The number of carbonyl (C=O) groups is 2. The highest BCUT2D eigenvalue weighted by Crippen LogP contribution is 2.15. The van der Waals surface area contributed by atoms with Gasteiger partial charge in [-0.1, -0.05) is 0 Å². The molecule has 12 heavy (non-hydrogen) atoms. The van der Waals surface area contributed by atoms with Crippen LogP contribution in [0.5, 0.6) is 0 Å². The van der Waals surface area contributed by atoms with Crippen LogP contribution in [0.2, 0.25) is 0 Å². The van der Waals surface area contributed by atoms with Gasteiger partial charge in [0.05, 0.1) is 0 Å². The molecule has 0 aromatic rings. The molecule has 0 saturated carbocycles. The summed E-state index contributed by atoms with van der Waals surface area (Å²) in [5.74, 6) is -0.210. The van der Waals surface area contributed by atoms with Gasteiger partial charge in [0.2, 0.25) is 0 Å². The molecule has 0 bridgehead atoms. The quantitative estimate of drug-likeness (QED) is 0.538. The van der Waals surface area contributed by atoms with Gasteiger partial charge in [-0.3, -0.25) is 9.69 Å². The van der Waals surface area contributed by atoms with Crippen LogP contribution in [0.4, 0.5) is 4.79 Å². The lowest BCUT2D eigenvalue weighted by molar-refractivity contribution is -0.130. The van der Waals surface area contributed by atoms with Gasteiger partial charge in [0.1, 0.15) is 5.54 Å². The Hall–Kier alpha value is -1.10. The van der Waals surface area contributed by atoms with Crippen molar-refractivity contribution in [3.05, 3.63) is 0 Å². The number of nitrogens with two attached hydrogens (primary N) is 1. The zero-order valence-electron chi connectivity index (χ0n) is 7.26. The predicted octanol–water partition coefficient (Wildman–Crippen LogP) is -0.724. The fraction of sp³-hybridized carbons (Fsp3) is 0.714. The molecule has 0 atom stereocenters. The maximum absolute atomic E-state index is 11.4. The minimum Gasteiger partial charge on any atom is -0.329 e. The first-order valence-electron chi connectivity index (χ1n) is 3.83. The molecule has 0 unspecified atom stereocenters. The molecule has 68 valence electrons. The molecule has 3 amide bonds. The number of carbonyl (C=O) groups excluding carboxylic acids is 2. The van der Waals surface area contributed by atoms with Gasteiger partial charge in [-0.25, -0.2) is 4.79 Å². The van der Waals surface area contributed by atoms with Gasteiger partial charge >= 0.3 is 6.03 Å². The van der Waals surface area contributed by atoms with E-state index in [1.165, 1.54) is 0 Å². The summed E-state index contributed by atoms with van der Waals surface area (Å²) in [6, 6.07) is -0.351. The number of imide groups is 1. The second-order valence-electron chi connectivity index (χ2n) is 3.30. The molecule has 1 aliphatic rings. The third kappa shape index (κ3) is 1.27. The van der Waals surface area contributed by atoms with Crippen LogP contribution in [-0.2, 0) is 4.79 Å². The van der Waals surface area contributed by atoms with Crippen molar-refractivity contribution in [3.63, 3.8) is 0 Å². The number of hydrogen-bond acceptors (Lipinski definition) is 3. The lowest BCUT2D eigenvalue weighted by atomic mass is 10.1. The summed E-state index contributed by atoms with van der Waals surface area (Å²) < 4.78 is 0. The van der Waals surface area contributed by atoms with Gasteiger partial charge < -0.3 is 11.1 Å². The molecule has 5 nitrogen and oxygen atoms in total. The average molecular weight is 171 g/mol. The first kappa shape index (κ1) is 8.99. The molecule has 1 rings (SSSR count). The number of rotatable bonds is 2. The molecule has 0 radical (unpaired) electrons. The molecule has 1 heterocycles. The smallest absolute Gasteiger partial charge is 0.325 e. The Kier molecular flexibility index (Phi) is 2.06. The first-order valence-corrected chi connectivity index (χ1v) is 3.83. The van der Waals surface area contributed by atoms with Crippen molar-refractivity contribution < 1.29 is 9.59 Å². The van der Waals surface area contributed by atoms with Crippen molar-refractivity contribution in [1.29, 1.82) is 0 Å². The highest BCUT2D eigenvalue weighted by Gasteiger charge is 2.43. The van der Waals surface area contributed by atoms with Crippen LogP contribution in [-0.4, -0.2) is 35.5 Å². The Morgan fingerprint density at radius 3 is 2.42 bits per heavy atom. The van der Waals surface area contributed by atoms with Gasteiger partial charge in [-0.15, -0.1) is 0 Å². The van der Waals surface area contributed by atoms with E-state index >= 15 is 0 Å². The minimum atomic E-state index is -0.772. The molecule has 1 fully saturated rings. The zero-order valence-corrected chi connectivity index (χ0v) is 7.26. The molecule has 0 aromatic carbocycles. The summed E-state index contributed by atoms with van der Waals surface area (Å²) in [4.78, 5) is 23.7. The average Bonchev–Trinajstić information content (AvgIpc) is 2.13. The second kappa shape index (κ2) is 2.75. The van der Waals surface area contributed by atoms with E-state index in [4.69, 9.17) is 5.73 Å². The van der Waals surface area contributed by atoms with Gasteiger partial charge in [0.25, 0.3) is 5.91 Å². The molecule has 5 heteroatoms. The molecule has 3 N–H and O–H groups in total. The Labute approximate surface area is 70.9 Å².